The maximum atomic E-state index is 5.83. The van der Waals surface area contributed by atoms with Gasteiger partial charge in [-0.2, -0.15) is 0 Å². The molecule has 2 aromatic rings. The number of benzene rings is 2. The van der Waals surface area contributed by atoms with Crippen LogP contribution in [0.25, 0.3) is 0 Å². The average molecular weight is 256 g/mol. The van der Waals surface area contributed by atoms with Crippen LogP contribution in [0.15, 0.2) is 54.6 Å². The first kappa shape index (κ1) is 13.6. The van der Waals surface area contributed by atoms with Gasteiger partial charge in [0, 0.05) is 11.5 Å². The summed E-state index contributed by atoms with van der Waals surface area (Å²) in [5, 5.41) is 2.34. The number of ether oxygens (including phenoxy) is 1. The highest BCUT2D eigenvalue weighted by Crippen LogP contribution is 2.21. The van der Waals surface area contributed by atoms with Crippen molar-refractivity contribution in [3.63, 3.8) is 0 Å². The Morgan fingerprint density at radius 3 is 2.42 bits per heavy atom. The van der Waals surface area contributed by atoms with Gasteiger partial charge in [-0.05, 0) is 24.3 Å². The van der Waals surface area contributed by atoms with Gasteiger partial charge in [-0.25, -0.2) is 0 Å². The van der Waals surface area contributed by atoms with E-state index < -0.39 is 0 Å². The zero-order valence-corrected chi connectivity index (χ0v) is 11.7. The Balaban J connectivity index is 1.95. The molecule has 0 aromatic heterocycles. The molecule has 0 fully saturated rings. The predicted octanol–water partition coefficient (Wildman–Crippen LogP) is 3.20. The molecule has 100 valence electrons. The van der Waals surface area contributed by atoms with Crippen LogP contribution in [-0.4, -0.2) is 6.54 Å². The first-order chi connectivity index (χ1) is 9.24. The van der Waals surface area contributed by atoms with Crippen LogP contribution in [0.2, 0.25) is 0 Å². The fourth-order valence-corrected chi connectivity index (χ4v) is 1.94. The molecule has 0 aliphatic rings. The third kappa shape index (κ3) is 4.76. The summed E-state index contributed by atoms with van der Waals surface area (Å²) >= 11 is 0. The van der Waals surface area contributed by atoms with E-state index in [-0.39, 0.29) is 0 Å². The van der Waals surface area contributed by atoms with E-state index in [1.165, 1.54) is 5.56 Å². The molecule has 0 bridgehead atoms. The highest BCUT2D eigenvalue weighted by atomic mass is 16.5. The van der Waals surface area contributed by atoms with Crippen molar-refractivity contribution >= 4 is 0 Å². The lowest BCUT2D eigenvalue weighted by atomic mass is 10.2. The van der Waals surface area contributed by atoms with Crippen LogP contribution in [0.5, 0.6) is 11.5 Å². The first-order valence-electron chi connectivity index (χ1n) is 6.87. The van der Waals surface area contributed by atoms with Gasteiger partial charge in [-0.1, -0.05) is 44.2 Å². The Morgan fingerprint density at radius 2 is 1.68 bits per heavy atom. The summed E-state index contributed by atoms with van der Waals surface area (Å²) < 4.78 is 5.83. The van der Waals surface area contributed by atoms with Gasteiger partial charge in [-0.3, -0.25) is 0 Å². The van der Waals surface area contributed by atoms with Gasteiger partial charge >= 0.3 is 0 Å². The van der Waals surface area contributed by atoms with E-state index in [1.54, 1.807) is 0 Å². The standard InChI is InChI=1S/C17H21NO/c1-14(2)12-18-13-15-7-6-10-17(11-15)19-16-8-4-3-5-9-16/h3-11,14,18H,12-13H2,1-2H3/p+1. The summed E-state index contributed by atoms with van der Waals surface area (Å²) in [5.41, 5.74) is 1.30. The van der Waals surface area contributed by atoms with Gasteiger partial charge in [0.2, 0.25) is 0 Å². The average Bonchev–Trinajstić information content (AvgIpc) is 2.40. The van der Waals surface area contributed by atoms with E-state index in [4.69, 9.17) is 4.74 Å². The normalized spacial score (nSPS) is 10.7. The van der Waals surface area contributed by atoms with E-state index in [2.05, 4.69) is 37.4 Å². The van der Waals surface area contributed by atoms with Crippen LogP contribution in [-0.2, 0) is 6.54 Å². The number of hydrogen-bond acceptors (Lipinski definition) is 1. The molecule has 19 heavy (non-hydrogen) atoms. The van der Waals surface area contributed by atoms with Crippen molar-refractivity contribution in [2.24, 2.45) is 5.92 Å². The monoisotopic (exact) mass is 256 g/mol. The van der Waals surface area contributed by atoms with Crippen molar-refractivity contribution in [2.45, 2.75) is 20.4 Å². The molecule has 2 heteroatoms. The van der Waals surface area contributed by atoms with Crippen molar-refractivity contribution in [2.75, 3.05) is 6.54 Å². The second-order valence-corrected chi connectivity index (χ2v) is 5.18. The molecule has 0 heterocycles. The Bertz CT molecular complexity index is 494. The van der Waals surface area contributed by atoms with Gasteiger partial charge < -0.3 is 10.1 Å². The van der Waals surface area contributed by atoms with E-state index in [0.717, 1.165) is 30.5 Å². The lowest BCUT2D eigenvalue weighted by Crippen LogP contribution is -2.83. The smallest absolute Gasteiger partial charge is 0.127 e. The summed E-state index contributed by atoms with van der Waals surface area (Å²) in [5.74, 6) is 2.51. The molecule has 0 atom stereocenters. The molecular weight excluding hydrogens is 234 g/mol. The van der Waals surface area contributed by atoms with Gasteiger partial charge in [0.15, 0.2) is 0 Å². The number of para-hydroxylation sites is 1. The van der Waals surface area contributed by atoms with Gasteiger partial charge in [0.05, 0.1) is 6.54 Å². The van der Waals surface area contributed by atoms with Crippen LogP contribution in [0, 0.1) is 5.92 Å². The summed E-state index contributed by atoms with van der Waals surface area (Å²) in [7, 11) is 0. The first-order valence-corrected chi connectivity index (χ1v) is 6.87. The molecular formula is C17H22NO+. The molecule has 0 radical (unpaired) electrons. The maximum Gasteiger partial charge on any atom is 0.127 e. The lowest BCUT2D eigenvalue weighted by Gasteiger charge is -2.08. The minimum atomic E-state index is 0.726. The van der Waals surface area contributed by atoms with Gasteiger partial charge in [0.25, 0.3) is 0 Å². The quantitative estimate of drug-likeness (QED) is 0.844. The highest BCUT2D eigenvalue weighted by Gasteiger charge is 2.01. The van der Waals surface area contributed by atoms with Crippen LogP contribution in [0.1, 0.15) is 19.4 Å². The zero-order valence-electron chi connectivity index (χ0n) is 11.7. The number of quaternary nitrogens is 1. The van der Waals surface area contributed by atoms with E-state index in [0.29, 0.717) is 0 Å². The Kier molecular flexibility index (Phi) is 4.99. The number of rotatable bonds is 6. The van der Waals surface area contributed by atoms with Crippen LogP contribution in [0.3, 0.4) is 0 Å². The zero-order chi connectivity index (χ0) is 13.5. The van der Waals surface area contributed by atoms with E-state index in [9.17, 15) is 0 Å². The van der Waals surface area contributed by atoms with E-state index in [1.807, 2.05) is 36.4 Å². The second kappa shape index (κ2) is 6.95. The minimum absolute atomic E-state index is 0.726. The Hall–Kier alpha value is -1.80. The van der Waals surface area contributed by atoms with Crippen LogP contribution in [0.4, 0.5) is 0 Å². The topological polar surface area (TPSA) is 25.8 Å². The fraction of sp³-hybridized carbons (Fsp3) is 0.294. The summed E-state index contributed by atoms with van der Waals surface area (Å²) in [6.45, 7) is 6.64. The van der Waals surface area contributed by atoms with Gasteiger partial charge in [-0.15, -0.1) is 0 Å². The molecule has 2 N–H and O–H groups in total. The third-order valence-electron chi connectivity index (χ3n) is 2.90. The van der Waals surface area contributed by atoms with Crippen LogP contribution >= 0.6 is 0 Å². The minimum Gasteiger partial charge on any atom is -0.457 e. The summed E-state index contributed by atoms with van der Waals surface area (Å²) in [6.07, 6.45) is 0. The van der Waals surface area contributed by atoms with Crippen molar-refractivity contribution in [3.8, 4) is 11.5 Å². The largest absolute Gasteiger partial charge is 0.457 e. The Labute approximate surface area is 115 Å². The molecule has 2 nitrogen and oxygen atoms in total. The SMILES string of the molecule is CC(C)C[NH2+]Cc1cccc(Oc2ccccc2)c1. The van der Waals surface area contributed by atoms with Crippen molar-refractivity contribution in [1.82, 2.24) is 0 Å². The lowest BCUT2D eigenvalue weighted by molar-refractivity contribution is -0.675. The summed E-state index contributed by atoms with van der Waals surface area (Å²) in [4.78, 5) is 0. The van der Waals surface area contributed by atoms with Crippen molar-refractivity contribution in [3.05, 3.63) is 60.2 Å². The molecule has 0 unspecified atom stereocenters. The molecule has 0 saturated carbocycles. The van der Waals surface area contributed by atoms with E-state index >= 15 is 0 Å². The third-order valence-corrected chi connectivity index (χ3v) is 2.90. The number of nitrogens with two attached hydrogens (primary N) is 1. The van der Waals surface area contributed by atoms with Crippen molar-refractivity contribution < 1.29 is 10.1 Å². The summed E-state index contributed by atoms with van der Waals surface area (Å²) in [6, 6.07) is 18.2. The van der Waals surface area contributed by atoms with Crippen molar-refractivity contribution in [1.29, 1.82) is 0 Å². The second-order valence-electron chi connectivity index (χ2n) is 5.18. The molecule has 0 aliphatic heterocycles. The highest BCUT2D eigenvalue weighted by molar-refractivity contribution is 5.33. The van der Waals surface area contributed by atoms with Gasteiger partial charge in [0.1, 0.15) is 18.0 Å². The Morgan fingerprint density at radius 1 is 0.947 bits per heavy atom. The molecule has 2 aromatic carbocycles. The molecule has 0 saturated heterocycles. The predicted molar refractivity (Wildman–Crippen MR) is 78.3 cm³/mol. The number of hydrogen-bond donors (Lipinski definition) is 1. The maximum absolute atomic E-state index is 5.83. The molecule has 0 amide bonds. The molecule has 0 aliphatic carbocycles. The molecule has 2 rings (SSSR count). The fourth-order valence-electron chi connectivity index (χ4n) is 1.94. The van der Waals surface area contributed by atoms with Crippen LogP contribution < -0.4 is 10.1 Å². The molecule has 0 spiro atoms.